The van der Waals surface area contributed by atoms with Crippen molar-refractivity contribution >= 4 is 0 Å². The summed E-state index contributed by atoms with van der Waals surface area (Å²) < 4.78 is 0. The summed E-state index contributed by atoms with van der Waals surface area (Å²) in [5, 5.41) is 0. The fourth-order valence-corrected chi connectivity index (χ4v) is 3.41. The second kappa shape index (κ2) is 4.64. The number of benzene rings is 2. The molecule has 2 aliphatic rings. The summed E-state index contributed by atoms with van der Waals surface area (Å²) in [6.07, 6.45) is 13.1. The van der Waals surface area contributed by atoms with Crippen LogP contribution in [0.15, 0.2) is 85.0 Å². The fourth-order valence-electron chi connectivity index (χ4n) is 3.41. The van der Waals surface area contributed by atoms with Gasteiger partial charge in [-0.2, -0.15) is 0 Å². The molecule has 2 aliphatic carbocycles. The maximum Gasteiger partial charge on any atom is 0.0199 e. The zero-order valence-corrected chi connectivity index (χ0v) is 11.2. The molecule has 0 fully saturated rings. The summed E-state index contributed by atoms with van der Waals surface area (Å²) in [6.45, 7) is 0. The Bertz CT molecular complexity index is 670. The lowest BCUT2D eigenvalue weighted by molar-refractivity contribution is 0.701. The maximum atomic E-state index is 2.31. The Balaban J connectivity index is 1.91. The maximum absolute atomic E-state index is 2.31. The Hall–Kier alpha value is -2.34. The van der Waals surface area contributed by atoms with Crippen LogP contribution < -0.4 is 0 Å². The molecule has 0 N–H and O–H groups in total. The highest BCUT2D eigenvalue weighted by atomic mass is 14.3. The minimum absolute atomic E-state index is 0.426. The molecular weight excluding hydrogens is 240 g/mol. The molecule has 2 aromatic carbocycles. The van der Waals surface area contributed by atoms with Gasteiger partial charge in [-0.15, -0.1) is 0 Å². The summed E-state index contributed by atoms with van der Waals surface area (Å²) in [5.41, 5.74) is 5.70. The first-order valence-electron chi connectivity index (χ1n) is 7.15. The van der Waals surface area contributed by atoms with Crippen molar-refractivity contribution < 1.29 is 0 Å². The van der Waals surface area contributed by atoms with Gasteiger partial charge in [-0.1, -0.05) is 85.0 Å². The van der Waals surface area contributed by atoms with Crippen molar-refractivity contribution in [2.75, 3.05) is 0 Å². The molecule has 0 nitrogen and oxygen atoms in total. The Morgan fingerprint density at radius 1 is 0.550 bits per heavy atom. The van der Waals surface area contributed by atoms with Crippen molar-refractivity contribution in [3.63, 3.8) is 0 Å². The average Bonchev–Trinajstić information content (AvgIpc) is 2.65. The van der Waals surface area contributed by atoms with Crippen molar-refractivity contribution in [1.82, 2.24) is 0 Å². The molecule has 0 bridgehead atoms. The molecule has 0 heteroatoms. The Morgan fingerprint density at radius 2 is 1.05 bits per heavy atom. The SMILES string of the molecule is C1=CC=CC(C2c3ccccc3-c3ccccc32)C=C1. The highest BCUT2D eigenvalue weighted by Crippen LogP contribution is 2.48. The van der Waals surface area contributed by atoms with Gasteiger partial charge >= 0.3 is 0 Å². The molecule has 2 aromatic rings. The molecular formula is C20H16. The molecule has 0 aliphatic heterocycles. The van der Waals surface area contributed by atoms with Crippen molar-refractivity contribution in [1.29, 1.82) is 0 Å². The van der Waals surface area contributed by atoms with Crippen LogP contribution in [0.1, 0.15) is 17.0 Å². The molecule has 96 valence electrons. The molecule has 0 atom stereocenters. The molecule has 0 spiro atoms. The van der Waals surface area contributed by atoms with Crippen molar-refractivity contribution in [2.24, 2.45) is 5.92 Å². The highest BCUT2D eigenvalue weighted by Gasteiger charge is 2.31. The van der Waals surface area contributed by atoms with E-state index in [1.165, 1.54) is 22.3 Å². The molecule has 20 heavy (non-hydrogen) atoms. The van der Waals surface area contributed by atoms with Gasteiger partial charge in [0.2, 0.25) is 0 Å². The van der Waals surface area contributed by atoms with Crippen LogP contribution >= 0.6 is 0 Å². The van der Waals surface area contributed by atoms with Crippen LogP contribution in [-0.4, -0.2) is 0 Å². The van der Waals surface area contributed by atoms with Crippen LogP contribution in [0.4, 0.5) is 0 Å². The number of fused-ring (bicyclic) bond motifs is 3. The number of hydrogen-bond donors (Lipinski definition) is 0. The lowest BCUT2D eigenvalue weighted by Gasteiger charge is -2.19. The first-order valence-corrected chi connectivity index (χ1v) is 7.15. The predicted octanol–water partition coefficient (Wildman–Crippen LogP) is 5.10. The highest BCUT2D eigenvalue weighted by molar-refractivity contribution is 5.79. The van der Waals surface area contributed by atoms with Gasteiger partial charge in [-0.05, 0) is 22.3 Å². The monoisotopic (exact) mass is 256 g/mol. The molecule has 0 unspecified atom stereocenters. The van der Waals surface area contributed by atoms with Crippen molar-refractivity contribution in [3.05, 3.63) is 96.1 Å². The van der Waals surface area contributed by atoms with Crippen LogP contribution in [0, 0.1) is 5.92 Å². The fraction of sp³-hybridized carbons (Fsp3) is 0.100. The van der Waals surface area contributed by atoms with Gasteiger partial charge in [0.25, 0.3) is 0 Å². The van der Waals surface area contributed by atoms with E-state index < -0.39 is 0 Å². The van der Waals surface area contributed by atoms with E-state index in [9.17, 15) is 0 Å². The summed E-state index contributed by atoms with van der Waals surface area (Å²) in [4.78, 5) is 0. The zero-order valence-electron chi connectivity index (χ0n) is 11.2. The van der Waals surface area contributed by atoms with Gasteiger partial charge < -0.3 is 0 Å². The first-order chi connectivity index (χ1) is 9.95. The minimum Gasteiger partial charge on any atom is -0.0767 e. The average molecular weight is 256 g/mol. The van der Waals surface area contributed by atoms with Crippen LogP contribution in [-0.2, 0) is 0 Å². The molecule has 0 aromatic heterocycles. The Kier molecular flexibility index (Phi) is 2.67. The summed E-state index contributed by atoms with van der Waals surface area (Å²) in [6, 6.07) is 17.6. The van der Waals surface area contributed by atoms with Crippen molar-refractivity contribution in [2.45, 2.75) is 5.92 Å². The Labute approximate surface area is 119 Å². The second-order valence-corrected chi connectivity index (χ2v) is 5.38. The van der Waals surface area contributed by atoms with E-state index in [1.807, 2.05) is 0 Å². The van der Waals surface area contributed by atoms with Crippen LogP contribution in [0.25, 0.3) is 11.1 Å². The van der Waals surface area contributed by atoms with E-state index in [0.29, 0.717) is 11.8 Å². The minimum atomic E-state index is 0.426. The number of allylic oxidation sites excluding steroid dienone is 6. The molecule has 0 radical (unpaired) electrons. The Morgan fingerprint density at radius 3 is 1.60 bits per heavy atom. The van der Waals surface area contributed by atoms with Gasteiger partial charge in [0, 0.05) is 11.8 Å². The van der Waals surface area contributed by atoms with E-state index in [1.54, 1.807) is 0 Å². The smallest absolute Gasteiger partial charge is 0.0199 e. The standard InChI is InChI=1S/C20H16/c1-2-4-10-15(9-3-1)20-18-13-7-5-11-16(18)17-12-6-8-14-19(17)20/h1-15,20H. The molecule has 0 heterocycles. The van der Waals surface area contributed by atoms with Gasteiger partial charge in [-0.3, -0.25) is 0 Å². The third-order valence-corrected chi connectivity index (χ3v) is 4.27. The van der Waals surface area contributed by atoms with Gasteiger partial charge in [0.1, 0.15) is 0 Å². The summed E-state index contributed by atoms with van der Waals surface area (Å²) >= 11 is 0. The van der Waals surface area contributed by atoms with E-state index in [4.69, 9.17) is 0 Å². The van der Waals surface area contributed by atoms with Crippen molar-refractivity contribution in [3.8, 4) is 11.1 Å². The zero-order chi connectivity index (χ0) is 13.4. The molecule has 0 saturated carbocycles. The second-order valence-electron chi connectivity index (χ2n) is 5.38. The predicted molar refractivity (Wildman–Crippen MR) is 84.6 cm³/mol. The number of hydrogen-bond acceptors (Lipinski definition) is 0. The van der Waals surface area contributed by atoms with E-state index >= 15 is 0 Å². The summed E-state index contributed by atoms with van der Waals surface area (Å²) in [5.74, 6) is 0.865. The normalized spacial score (nSPS) is 17.0. The third kappa shape index (κ3) is 1.69. The lowest BCUT2D eigenvalue weighted by Crippen LogP contribution is -2.07. The van der Waals surface area contributed by atoms with Crippen LogP contribution in [0.5, 0.6) is 0 Å². The quantitative estimate of drug-likeness (QED) is 0.666. The van der Waals surface area contributed by atoms with Gasteiger partial charge in [-0.25, -0.2) is 0 Å². The summed E-state index contributed by atoms with van der Waals surface area (Å²) in [7, 11) is 0. The van der Waals surface area contributed by atoms with E-state index in [2.05, 4.69) is 85.0 Å². The number of rotatable bonds is 1. The molecule has 0 saturated heterocycles. The first kappa shape index (κ1) is 11.5. The third-order valence-electron chi connectivity index (χ3n) is 4.27. The topological polar surface area (TPSA) is 0 Å². The van der Waals surface area contributed by atoms with Gasteiger partial charge in [0.05, 0.1) is 0 Å². The molecule has 4 rings (SSSR count). The van der Waals surface area contributed by atoms with E-state index in [0.717, 1.165) is 0 Å². The van der Waals surface area contributed by atoms with Crippen LogP contribution in [0.3, 0.4) is 0 Å². The largest absolute Gasteiger partial charge is 0.0767 e. The molecule has 0 amide bonds. The lowest BCUT2D eigenvalue weighted by atomic mass is 9.84. The van der Waals surface area contributed by atoms with E-state index in [-0.39, 0.29) is 0 Å². The van der Waals surface area contributed by atoms with Gasteiger partial charge in [0.15, 0.2) is 0 Å². The van der Waals surface area contributed by atoms with Crippen LogP contribution in [0.2, 0.25) is 0 Å².